The molecule has 0 bridgehead atoms. The lowest BCUT2D eigenvalue weighted by Gasteiger charge is -2.10. The summed E-state index contributed by atoms with van der Waals surface area (Å²) in [7, 11) is -3.22. The molecule has 0 aromatic heterocycles. The van der Waals surface area contributed by atoms with Gasteiger partial charge < -0.3 is 14.4 Å². The van der Waals surface area contributed by atoms with Gasteiger partial charge in [0.15, 0.2) is 5.79 Å². The topological polar surface area (TPSA) is 55.8 Å². The molecule has 2 unspecified atom stereocenters. The van der Waals surface area contributed by atoms with Crippen molar-refractivity contribution >= 4 is 7.37 Å². The van der Waals surface area contributed by atoms with E-state index in [0.717, 1.165) is 6.42 Å². The Kier molecular flexibility index (Phi) is 2.56. The Morgan fingerprint density at radius 1 is 1.57 bits per heavy atom. The van der Waals surface area contributed by atoms with Crippen LogP contribution in [0.2, 0.25) is 0 Å². The molecule has 5 heteroatoms. The van der Waals surface area contributed by atoms with Gasteiger partial charge in [0.1, 0.15) is 0 Å². The molecule has 4 nitrogen and oxygen atoms in total. The highest BCUT2D eigenvalue weighted by Gasteiger charge is 2.66. The summed E-state index contributed by atoms with van der Waals surface area (Å²) in [5, 5.41) is 0. The molecule has 1 spiro atoms. The first kappa shape index (κ1) is 10.4. The van der Waals surface area contributed by atoms with E-state index < -0.39 is 13.2 Å². The first-order valence-corrected chi connectivity index (χ1v) is 6.68. The quantitative estimate of drug-likeness (QED) is 0.732. The smallest absolute Gasteiger partial charge is 0.230 e. The zero-order valence-corrected chi connectivity index (χ0v) is 9.07. The van der Waals surface area contributed by atoms with Crippen LogP contribution in [0.5, 0.6) is 0 Å². The Morgan fingerprint density at radius 3 is 2.79 bits per heavy atom. The predicted molar refractivity (Wildman–Crippen MR) is 52.3 cm³/mol. The second-order valence-electron chi connectivity index (χ2n) is 3.69. The first-order valence-electron chi connectivity index (χ1n) is 4.88. The Labute approximate surface area is 83.4 Å². The van der Waals surface area contributed by atoms with E-state index in [2.05, 4.69) is 0 Å². The van der Waals surface area contributed by atoms with Crippen LogP contribution in [0.15, 0.2) is 11.9 Å². The van der Waals surface area contributed by atoms with Crippen LogP contribution in [0, 0.1) is 0 Å². The fraction of sp³-hybridized carbons (Fsp3) is 0.778. The highest BCUT2D eigenvalue weighted by Crippen LogP contribution is 2.66. The fourth-order valence-electron chi connectivity index (χ4n) is 1.76. The molecule has 14 heavy (non-hydrogen) atoms. The number of hydrogen-bond acceptors (Lipinski definition) is 3. The standard InChI is InChI=1S/C9H15O4P/c1-2-3-6-14(10,11)8-7-9(8)12-4-5-13-9/h3,6,8H,2,4-5,7H2,1H3,(H,10,11)/b6-3+. The van der Waals surface area contributed by atoms with Gasteiger partial charge in [-0.1, -0.05) is 13.0 Å². The van der Waals surface area contributed by atoms with Crippen molar-refractivity contribution in [3.63, 3.8) is 0 Å². The van der Waals surface area contributed by atoms with Gasteiger partial charge in [-0.3, -0.25) is 4.57 Å². The molecule has 2 rings (SSSR count). The molecule has 1 saturated heterocycles. The van der Waals surface area contributed by atoms with Crippen LogP contribution in [0.3, 0.4) is 0 Å². The van der Waals surface area contributed by atoms with Crippen LogP contribution in [0.4, 0.5) is 0 Å². The summed E-state index contributed by atoms with van der Waals surface area (Å²) in [6, 6.07) is 0. The lowest BCUT2D eigenvalue weighted by molar-refractivity contribution is -0.0677. The average Bonchev–Trinajstić information content (AvgIpc) is 2.64. The van der Waals surface area contributed by atoms with E-state index in [9.17, 15) is 9.46 Å². The highest BCUT2D eigenvalue weighted by molar-refractivity contribution is 7.62. The van der Waals surface area contributed by atoms with Gasteiger partial charge in [0, 0.05) is 6.42 Å². The summed E-state index contributed by atoms with van der Waals surface area (Å²) in [4.78, 5) is 9.72. The molecule has 1 aliphatic heterocycles. The zero-order valence-electron chi connectivity index (χ0n) is 8.18. The third-order valence-electron chi connectivity index (χ3n) is 2.60. The zero-order chi connectivity index (χ0) is 10.2. The van der Waals surface area contributed by atoms with Gasteiger partial charge in [0.2, 0.25) is 7.37 Å². The molecule has 2 aliphatic rings. The second kappa shape index (κ2) is 3.46. The molecular formula is C9H15O4P. The van der Waals surface area contributed by atoms with Crippen molar-refractivity contribution in [3.05, 3.63) is 11.9 Å². The molecule has 1 saturated carbocycles. The summed E-state index contributed by atoms with van der Waals surface area (Å²) < 4.78 is 22.5. The summed E-state index contributed by atoms with van der Waals surface area (Å²) in [6.45, 7) is 3.00. The summed E-state index contributed by atoms with van der Waals surface area (Å²) in [5.41, 5.74) is -0.347. The van der Waals surface area contributed by atoms with Crippen molar-refractivity contribution in [3.8, 4) is 0 Å². The van der Waals surface area contributed by atoms with E-state index in [1.54, 1.807) is 6.08 Å². The molecular weight excluding hydrogens is 203 g/mol. The lowest BCUT2D eigenvalue weighted by Crippen LogP contribution is -2.14. The van der Waals surface area contributed by atoms with E-state index in [0.29, 0.717) is 19.6 Å². The molecule has 2 fully saturated rings. The van der Waals surface area contributed by atoms with Crippen molar-refractivity contribution in [2.24, 2.45) is 0 Å². The van der Waals surface area contributed by atoms with Crippen LogP contribution >= 0.6 is 7.37 Å². The van der Waals surface area contributed by atoms with Crippen LogP contribution in [-0.2, 0) is 14.0 Å². The predicted octanol–water partition coefficient (Wildman–Crippen LogP) is 1.70. The Balaban J connectivity index is 2.04. The van der Waals surface area contributed by atoms with E-state index in [4.69, 9.17) is 9.47 Å². The summed E-state index contributed by atoms with van der Waals surface area (Å²) in [5.74, 6) is 0.694. The van der Waals surface area contributed by atoms with Crippen molar-refractivity contribution in [2.45, 2.75) is 31.2 Å². The molecule has 1 N–H and O–H groups in total. The molecule has 0 aromatic carbocycles. The van der Waals surface area contributed by atoms with Crippen molar-refractivity contribution < 1.29 is 18.9 Å². The molecule has 0 radical (unpaired) electrons. The Morgan fingerprint density at radius 2 is 2.21 bits per heavy atom. The third-order valence-corrected chi connectivity index (χ3v) is 4.71. The maximum absolute atomic E-state index is 11.8. The molecule has 1 aliphatic carbocycles. The maximum Gasteiger partial charge on any atom is 0.230 e. The SMILES string of the molecule is CC/C=C/P(=O)(O)C1CC12OCCO2. The van der Waals surface area contributed by atoms with Crippen LogP contribution in [0.25, 0.3) is 0 Å². The minimum Gasteiger partial charge on any atom is -0.347 e. The Bertz CT molecular complexity index is 293. The van der Waals surface area contributed by atoms with Crippen LogP contribution in [-0.4, -0.2) is 29.6 Å². The minimum atomic E-state index is -3.22. The minimum absolute atomic E-state index is 0.347. The van der Waals surface area contributed by atoms with Crippen LogP contribution < -0.4 is 0 Å². The monoisotopic (exact) mass is 218 g/mol. The van der Waals surface area contributed by atoms with E-state index in [1.807, 2.05) is 6.92 Å². The fourth-order valence-corrected chi connectivity index (χ4v) is 3.71. The summed E-state index contributed by atoms with van der Waals surface area (Å²) >= 11 is 0. The lowest BCUT2D eigenvalue weighted by atomic mass is 10.5. The number of hydrogen-bond donors (Lipinski definition) is 1. The van der Waals surface area contributed by atoms with Gasteiger partial charge in [0.05, 0.1) is 18.9 Å². The molecule has 2 atom stereocenters. The molecule has 1 heterocycles. The molecule has 80 valence electrons. The van der Waals surface area contributed by atoms with Gasteiger partial charge in [-0.15, -0.1) is 0 Å². The van der Waals surface area contributed by atoms with E-state index in [1.165, 1.54) is 5.82 Å². The first-order chi connectivity index (χ1) is 6.61. The van der Waals surface area contributed by atoms with Gasteiger partial charge in [0.25, 0.3) is 0 Å². The average molecular weight is 218 g/mol. The number of allylic oxidation sites excluding steroid dienone is 1. The van der Waals surface area contributed by atoms with Crippen molar-refractivity contribution in [1.29, 1.82) is 0 Å². The summed E-state index contributed by atoms with van der Waals surface area (Å²) in [6.07, 6.45) is 3.04. The number of ether oxygens (including phenoxy) is 2. The number of rotatable bonds is 3. The second-order valence-corrected chi connectivity index (χ2v) is 5.96. The largest absolute Gasteiger partial charge is 0.347 e. The molecule has 0 aromatic rings. The van der Waals surface area contributed by atoms with Crippen LogP contribution in [0.1, 0.15) is 19.8 Å². The van der Waals surface area contributed by atoms with Gasteiger partial charge in [-0.25, -0.2) is 0 Å². The van der Waals surface area contributed by atoms with Gasteiger partial charge in [-0.2, -0.15) is 0 Å². The van der Waals surface area contributed by atoms with Gasteiger partial charge >= 0.3 is 0 Å². The van der Waals surface area contributed by atoms with E-state index >= 15 is 0 Å². The van der Waals surface area contributed by atoms with Crippen molar-refractivity contribution in [1.82, 2.24) is 0 Å². The normalized spacial score (nSPS) is 33.7. The third kappa shape index (κ3) is 1.68. The van der Waals surface area contributed by atoms with Gasteiger partial charge in [-0.05, 0) is 12.2 Å². The highest BCUT2D eigenvalue weighted by atomic mass is 31.2. The Hall–Kier alpha value is -0.150. The maximum atomic E-state index is 11.8. The van der Waals surface area contributed by atoms with Crippen molar-refractivity contribution in [2.75, 3.05) is 13.2 Å². The molecule has 0 amide bonds. The van der Waals surface area contributed by atoms with E-state index in [-0.39, 0.29) is 5.66 Å².